The zero-order chi connectivity index (χ0) is 26.0. The lowest BCUT2D eigenvalue weighted by molar-refractivity contribution is 0.191. The second-order valence-corrected chi connectivity index (χ2v) is 10.8. The van der Waals surface area contributed by atoms with Gasteiger partial charge in [0, 0.05) is 29.8 Å². The Morgan fingerprint density at radius 2 is 1.94 bits per heavy atom. The molecule has 0 fully saturated rings. The van der Waals surface area contributed by atoms with Gasteiger partial charge in [-0.25, -0.2) is 32.6 Å². The molecule has 0 bridgehead atoms. The SMILES string of the molecule is CC(CNc1nccc(-c2[nH]c(C(C)(C)C)nc2-c2cccc(NS(C)(=O)=O)c2F)n1)NC(=O)O. The third-order valence-electron chi connectivity index (χ3n) is 4.81. The number of nitrogens with zero attached hydrogens (tertiary/aromatic N) is 3. The summed E-state index contributed by atoms with van der Waals surface area (Å²) in [6.45, 7) is 7.77. The molecule has 3 aromatic rings. The van der Waals surface area contributed by atoms with E-state index in [4.69, 9.17) is 5.11 Å². The topological polar surface area (TPSA) is 162 Å². The number of nitrogens with one attached hydrogen (secondary N) is 4. The zero-order valence-electron chi connectivity index (χ0n) is 20.0. The zero-order valence-corrected chi connectivity index (χ0v) is 20.8. The van der Waals surface area contributed by atoms with Crippen LogP contribution in [0.15, 0.2) is 30.5 Å². The molecule has 35 heavy (non-hydrogen) atoms. The number of hydrogen-bond acceptors (Lipinski definition) is 7. The van der Waals surface area contributed by atoms with Gasteiger partial charge in [0.05, 0.1) is 23.3 Å². The third kappa shape index (κ3) is 6.66. The van der Waals surface area contributed by atoms with Crippen molar-refractivity contribution < 1.29 is 22.7 Å². The van der Waals surface area contributed by atoms with Gasteiger partial charge < -0.3 is 20.7 Å². The minimum Gasteiger partial charge on any atom is -0.465 e. The smallest absolute Gasteiger partial charge is 0.404 e. The summed E-state index contributed by atoms with van der Waals surface area (Å²) >= 11 is 0. The number of carboxylic acid groups (broad SMARTS) is 1. The molecule has 5 N–H and O–H groups in total. The van der Waals surface area contributed by atoms with Crippen LogP contribution in [0.1, 0.15) is 33.5 Å². The fourth-order valence-electron chi connectivity index (χ4n) is 3.19. The second kappa shape index (κ2) is 9.86. The van der Waals surface area contributed by atoms with Gasteiger partial charge in [0.1, 0.15) is 11.5 Å². The van der Waals surface area contributed by atoms with E-state index in [0.29, 0.717) is 17.2 Å². The van der Waals surface area contributed by atoms with Crippen molar-refractivity contribution in [2.75, 3.05) is 22.8 Å². The molecule has 1 unspecified atom stereocenters. The van der Waals surface area contributed by atoms with Gasteiger partial charge in [0.2, 0.25) is 16.0 Å². The van der Waals surface area contributed by atoms with Crippen molar-refractivity contribution in [3.05, 3.63) is 42.1 Å². The molecule has 1 atom stereocenters. The number of amides is 1. The summed E-state index contributed by atoms with van der Waals surface area (Å²) in [7, 11) is -3.69. The van der Waals surface area contributed by atoms with E-state index in [0.717, 1.165) is 6.26 Å². The molecular formula is C22H28FN7O4S. The predicted octanol–water partition coefficient (Wildman–Crippen LogP) is 3.41. The molecule has 1 aromatic carbocycles. The Morgan fingerprint density at radius 3 is 2.57 bits per heavy atom. The van der Waals surface area contributed by atoms with Gasteiger partial charge in [-0.3, -0.25) is 4.72 Å². The lowest BCUT2D eigenvalue weighted by Gasteiger charge is -2.14. The van der Waals surface area contributed by atoms with E-state index in [2.05, 4.69) is 35.3 Å². The van der Waals surface area contributed by atoms with Gasteiger partial charge in [-0.2, -0.15) is 0 Å². The first kappa shape index (κ1) is 25.9. The number of aromatic amines is 1. The fourth-order valence-corrected chi connectivity index (χ4v) is 3.75. The standard InChI is InChI=1S/C22H28FN7O4S/c1-12(26-21(31)32)11-25-20-24-10-9-15(27-20)18-17(28-19(29-18)22(2,3)4)13-7-6-8-14(16(13)23)30-35(5,33)34/h6-10,12,26,30H,11H2,1-5H3,(H,28,29)(H,31,32)(H,24,25,27). The number of imidazole rings is 1. The molecule has 0 radical (unpaired) electrons. The first-order valence-electron chi connectivity index (χ1n) is 10.7. The molecule has 11 nitrogen and oxygen atoms in total. The van der Waals surface area contributed by atoms with Crippen LogP contribution < -0.4 is 15.4 Å². The van der Waals surface area contributed by atoms with E-state index in [1.165, 1.54) is 24.4 Å². The van der Waals surface area contributed by atoms with Gasteiger partial charge in [-0.15, -0.1) is 0 Å². The number of H-pyrrole nitrogens is 1. The predicted molar refractivity (Wildman–Crippen MR) is 131 cm³/mol. The Morgan fingerprint density at radius 1 is 1.23 bits per heavy atom. The highest BCUT2D eigenvalue weighted by Gasteiger charge is 2.25. The number of rotatable bonds is 8. The number of aromatic nitrogens is 4. The minimum atomic E-state index is -3.69. The van der Waals surface area contributed by atoms with Crippen molar-refractivity contribution >= 4 is 27.8 Å². The molecule has 13 heteroatoms. The van der Waals surface area contributed by atoms with Gasteiger partial charge in [-0.05, 0) is 25.1 Å². The van der Waals surface area contributed by atoms with E-state index in [9.17, 15) is 13.2 Å². The van der Waals surface area contributed by atoms with Gasteiger partial charge in [-0.1, -0.05) is 26.8 Å². The maximum absolute atomic E-state index is 15.4. The van der Waals surface area contributed by atoms with Crippen molar-refractivity contribution in [1.82, 2.24) is 25.3 Å². The first-order chi connectivity index (χ1) is 16.2. The van der Waals surface area contributed by atoms with Crippen molar-refractivity contribution in [2.24, 2.45) is 0 Å². The lowest BCUT2D eigenvalue weighted by Crippen LogP contribution is -2.36. The Hall–Kier alpha value is -3.74. The summed E-state index contributed by atoms with van der Waals surface area (Å²) in [5.74, 6) is 0.0512. The van der Waals surface area contributed by atoms with Crippen LogP contribution in [0.3, 0.4) is 0 Å². The Balaban J connectivity index is 2.06. The maximum atomic E-state index is 15.4. The van der Waals surface area contributed by atoms with E-state index in [1.807, 2.05) is 20.8 Å². The largest absolute Gasteiger partial charge is 0.465 e. The van der Waals surface area contributed by atoms with Gasteiger partial charge >= 0.3 is 6.09 Å². The number of anilines is 2. The van der Waals surface area contributed by atoms with E-state index < -0.39 is 33.4 Å². The summed E-state index contributed by atoms with van der Waals surface area (Å²) < 4.78 is 40.9. The maximum Gasteiger partial charge on any atom is 0.404 e. The van der Waals surface area contributed by atoms with Crippen LogP contribution in [0.4, 0.5) is 20.8 Å². The molecule has 0 saturated heterocycles. The van der Waals surface area contributed by atoms with Crippen LogP contribution in [0.5, 0.6) is 0 Å². The quantitative estimate of drug-likeness (QED) is 0.311. The molecule has 0 aliphatic carbocycles. The molecule has 2 aromatic heterocycles. The van der Waals surface area contributed by atoms with Gasteiger partial charge in [0.25, 0.3) is 0 Å². The number of sulfonamides is 1. The molecule has 1 amide bonds. The van der Waals surface area contributed by atoms with Crippen LogP contribution in [0.25, 0.3) is 22.6 Å². The molecule has 0 spiro atoms. The monoisotopic (exact) mass is 505 g/mol. The third-order valence-corrected chi connectivity index (χ3v) is 5.40. The highest BCUT2D eigenvalue weighted by atomic mass is 32.2. The number of benzene rings is 1. The number of hydrogen-bond donors (Lipinski definition) is 5. The van der Waals surface area contributed by atoms with Crippen LogP contribution in [0, 0.1) is 5.82 Å². The highest BCUT2D eigenvalue weighted by molar-refractivity contribution is 7.92. The summed E-state index contributed by atoms with van der Waals surface area (Å²) in [5.41, 5.74) is 0.592. The summed E-state index contributed by atoms with van der Waals surface area (Å²) in [5, 5.41) is 14.1. The van der Waals surface area contributed by atoms with E-state index in [-0.39, 0.29) is 29.4 Å². The molecule has 3 rings (SSSR count). The van der Waals surface area contributed by atoms with Crippen molar-refractivity contribution in [3.63, 3.8) is 0 Å². The molecule has 0 aliphatic rings. The van der Waals surface area contributed by atoms with Crippen LogP contribution in [-0.4, -0.2) is 58.4 Å². The number of halogens is 1. The van der Waals surface area contributed by atoms with Crippen LogP contribution >= 0.6 is 0 Å². The first-order valence-corrected chi connectivity index (χ1v) is 12.6. The molecule has 0 aliphatic heterocycles. The fraction of sp³-hybridized carbons (Fsp3) is 0.364. The Labute approximate surface area is 202 Å². The van der Waals surface area contributed by atoms with Crippen LogP contribution in [-0.2, 0) is 15.4 Å². The highest BCUT2D eigenvalue weighted by Crippen LogP contribution is 2.36. The van der Waals surface area contributed by atoms with E-state index >= 15 is 4.39 Å². The Kier molecular flexibility index (Phi) is 7.29. The lowest BCUT2D eigenvalue weighted by atomic mass is 9.96. The molecule has 2 heterocycles. The van der Waals surface area contributed by atoms with E-state index in [1.54, 1.807) is 13.0 Å². The second-order valence-electron chi connectivity index (χ2n) is 9.10. The summed E-state index contributed by atoms with van der Waals surface area (Å²) in [4.78, 5) is 27.3. The average Bonchev–Trinajstić information content (AvgIpc) is 3.18. The van der Waals surface area contributed by atoms with Gasteiger partial charge in [0.15, 0.2) is 5.82 Å². The Bertz CT molecular complexity index is 1340. The van der Waals surface area contributed by atoms with Crippen molar-refractivity contribution in [1.29, 1.82) is 0 Å². The molecule has 188 valence electrons. The minimum absolute atomic E-state index is 0.0906. The number of carbonyl (C=O) groups is 1. The van der Waals surface area contributed by atoms with Crippen molar-refractivity contribution in [3.8, 4) is 22.6 Å². The van der Waals surface area contributed by atoms with Crippen LogP contribution in [0.2, 0.25) is 0 Å². The average molecular weight is 506 g/mol. The molecule has 0 saturated carbocycles. The summed E-state index contributed by atoms with van der Waals surface area (Å²) in [6.07, 6.45) is 1.32. The molecular weight excluding hydrogens is 477 g/mol. The normalized spacial score (nSPS) is 12.7. The van der Waals surface area contributed by atoms with Crippen molar-refractivity contribution in [2.45, 2.75) is 39.2 Å². The summed E-state index contributed by atoms with van der Waals surface area (Å²) in [6, 6.07) is 5.61.